The van der Waals surface area contributed by atoms with Crippen molar-refractivity contribution in [3.8, 4) is 5.75 Å². The largest absolute Gasteiger partial charge is 0.488 e. The highest BCUT2D eigenvalue weighted by Crippen LogP contribution is 2.25. The van der Waals surface area contributed by atoms with E-state index >= 15 is 0 Å². The van der Waals surface area contributed by atoms with Crippen LogP contribution in [0.2, 0.25) is 4.34 Å². The van der Waals surface area contributed by atoms with Gasteiger partial charge in [-0.05, 0) is 42.8 Å². The van der Waals surface area contributed by atoms with Gasteiger partial charge in [0.25, 0.3) is 0 Å². The zero-order chi connectivity index (χ0) is 14.5. The molecule has 0 aliphatic carbocycles. The molecule has 2 aromatic rings. The van der Waals surface area contributed by atoms with Gasteiger partial charge >= 0.3 is 6.09 Å². The first-order valence-electron chi connectivity index (χ1n) is 5.91. The van der Waals surface area contributed by atoms with Gasteiger partial charge in [-0.1, -0.05) is 11.6 Å². The third-order valence-electron chi connectivity index (χ3n) is 2.63. The van der Waals surface area contributed by atoms with Crippen LogP contribution in [0.15, 0.2) is 30.3 Å². The van der Waals surface area contributed by atoms with Gasteiger partial charge in [-0.25, -0.2) is 4.79 Å². The highest BCUT2D eigenvalue weighted by molar-refractivity contribution is 7.16. The second-order valence-corrected chi connectivity index (χ2v) is 5.89. The Labute approximate surface area is 126 Å². The summed E-state index contributed by atoms with van der Waals surface area (Å²) in [6.45, 7) is 2.36. The number of carbonyl (C=O) groups excluding carboxylic acids is 1. The van der Waals surface area contributed by atoms with Crippen LogP contribution in [0.4, 0.5) is 10.5 Å². The molecule has 1 amide bonds. The lowest BCUT2D eigenvalue weighted by Gasteiger charge is -2.10. The topological polar surface area (TPSA) is 47.6 Å². The number of aryl methyl sites for hydroxylation is 1. The molecular weight excluding hydrogens is 298 g/mol. The van der Waals surface area contributed by atoms with Crippen molar-refractivity contribution in [1.82, 2.24) is 0 Å². The van der Waals surface area contributed by atoms with E-state index in [9.17, 15) is 4.79 Å². The van der Waals surface area contributed by atoms with Gasteiger partial charge in [0, 0.05) is 10.6 Å². The number of thiophene rings is 1. The van der Waals surface area contributed by atoms with Crippen LogP contribution in [-0.4, -0.2) is 13.2 Å². The van der Waals surface area contributed by atoms with Gasteiger partial charge in [-0.15, -0.1) is 11.3 Å². The zero-order valence-corrected chi connectivity index (χ0v) is 12.7. The SMILES string of the molecule is COC(=O)Nc1ccc(OCc2ccc(Cl)s2)cc1C. The molecule has 106 valence electrons. The Hall–Kier alpha value is -1.72. The van der Waals surface area contributed by atoms with Crippen molar-refractivity contribution in [3.05, 3.63) is 45.1 Å². The lowest BCUT2D eigenvalue weighted by atomic mass is 10.2. The summed E-state index contributed by atoms with van der Waals surface area (Å²) in [5.74, 6) is 0.738. The van der Waals surface area contributed by atoms with Crippen LogP contribution in [0.25, 0.3) is 0 Å². The van der Waals surface area contributed by atoms with Gasteiger partial charge in [-0.2, -0.15) is 0 Å². The molecule has 1 heterocycles. The van der Waals surface area contributed by atoms with Crippen molar-refractivity contribution >= 4 is 34.7 Å². The normalized spacial score (nSPS) is 10.2. The number of amides is 1. The molecule has 0 aliphatic heterocycles. The Morgan fingerprint density at radius 2 is 2.15 bits per heavy atom. The Balaban J connectivity index is 1.99. The summed E-state index contributed by atoms with van der Waals surface area (Å²) in [6.07, 6.45) is -0.491. The average molecular weight is 312 g/mol. The van der Waals surface area contributed by atoms with Crippen molar-refractivity contribution in [2.75, 3.05) is 12.4 Å². The number of rotatable bonds is 4. The number of anilines is 1. The fraction of sp³-hybridized carbons (Fsp3) is 0.214. The van der Waals surface area contributed by atoms with E-state index in [4.69, 9.17) is 16.3 Å². The molecule has 1 aromatic heterocycles. The molecule has 0 bridgehead atoms. The van der Waals surface area contributed by atoms with Crippen LogP contribution in [0.5, 0.6) is 5.75 Å². The number of halogens is 1. The van der Waals surface area contributed by atoms with Crippen LogP contribution in [0.1, 0.15) is 10.4 Å². The number of carbonyl (C=O) groups is 1. The van der Waals surface area contributed by atoms with Crippen LogP contribution in [0.3, 0.4) is 0 Å². The Morgan fingerprint density at radius 1 is 1.35 bits per heavy atom. The molecule has 0 aliphatic rings. The zero-order valence-electron chi connectivity index (χ0n) is 11.1. The molecule has 20 heavy (non-hydrogen) atoms. The first kappa shape index (κ1) is 14.7. The molecular formula is C14H14ClNO3S. The minimum atomic E-state index is -0.491. The number of benzene rings is 1. The summed E-state index contributed by atoms with van der Waals surface area (Å²) in [7, 11) is 1.33. The Bertz CT molecular complexity index is 612. The smallest absolute Gasteiger partial charge is 0.411 e. The maximum atomic E-state index is 11.2. The van der Waals surface area contributed by atoms with Crippen LogP contribution in [-0.2, 0) is 11.3 Å². The third-order valence-corrected chi connectivity index (χ3v) is 3.83. The first-order chi connectivity index (χ1) is 9.58. The molecule has 1 aromatic carbocycles. The van der Waals surface area contributed by atoms with E-state index in [1.807, 2.05) is 25.1 Å². The first-order valence-corrected chi connectivity index (χ1v) is 7.10. The summed E-state index contributed by atoms with van der Waals surface area (Å²) in [5.41, 5.74) is 1.60. The summed E-state index contributed by atoms with van der Waals surface area (Å²) in [4.78, 5) is 12.2. The highest BCUT2D eigenvalue weighted by atomic mass is 35.5. The van der Waals surface area contributed by atoms with Crippen LogP contribution >= 0.6 is 22.9 Å². The second-order valence-electron chi connectivity index (χ2n) is 4.09. The molecule has 0 spiro atoms. The van der Waals surface area contributed by atoms with Gasteiger partial charge in [0.15, 0.2) is 0 Å². The fourth-order valence-corrected chi connectivity index (χ4v) is 2.61. The number of methoxy groups -OCH3 is 1. The van der Waals surface area contributed by atoms with E-state index in [-0.39, 0.29) is 0 Å². The van der Waals surface area contributed by atoms with E-state index < -0.39 is 6.09 Å². The molecule has 0 saturated carbocycles. The van der Waals surface area contributed by atoms with Gasteiger partial charge in [0.1, 0.15) is 12.4 Å². The Kier molecular flexibility index (Phi) is 4.87. The molecule has 1 N–H and O–H groups in total. The van der Waals surface area contributed by atoms with Crippen molar-refractivity contribution in [2.45, 2.75) is 13.5 Å². The minimum absolute atomic E-state index is 0.473. The van der Waals surface area contributed by atoms with Gasteiger partial charge < -0.3 is 9.47 Å². The molecule has 2 rings (SSSR count). The standard InChI is InChI=1S/C14H14ClNO3S/c1-9-7-10(3-5-12(9)16-14(17)18-2)19-8-11-4-6-13(15)20-11/h3-7H,8H2,1-2H3,(H,16,17). The van der Waals surface area contributed by atoms with E-state index in [2.05, 4.69) is 10.1 Å². The predicted molar refractivity (Wildman–Crippen MR) is 80.9 cm³/mol. The maximum Gasteiger partial charge on any atom is 0.411 e. The van der Waals surface area contributed by atoms with E-state index in [1.165, 1.54) is 18.4 Å². The quantitative estimate of drug-likeness (QED) is 0.906. The highest BCUT2D eigenvalue weighted by Gasteiger charge is 2.06. The third kappa shape index (κ3) is 3.88. The molecule has 0 radical (unpaired) electrons. The molecule has 4 nitrogen and oxygen atoms in total. The lowest BCUT2D eigenvalue weighted by Crippen LogP contribution is -2.11. The number of ether oxygens (including phenoxy) is 2. The van der Waals surface area contributed by atoms with Crippen molar-refractivity contribution < 1.29 is 14.3 Å². The van der Waals surface area contributed by atoms with Crippen LogP contribution in [0, 0.1) is 6.92 Å². The van der Waals surface area contributed by atoms with Crippen molar-refractivity contribution in [1.29, 1.82) is 0 Å². The summed E-state index contributed by atoms with van der Waals surface area (Å²) in [5, 5.41) is 2.63. The number of hydrogen-bond donors (Lipinski definition) is 1. The fourth-order valence-electron chi connectivity index (χ4n) is 1.61. The number of nitrogens with one attached hydrogen (secondary N) is 1. The molecule has 0 fully saturated rings. The average Bonchev–Trinajstić information content (AvgIpc) is 2.85. The molecule has 0 unspecified atom stereocenters. The Morgan fingerprint density at radius 3 is 2.75 bits per heavy atom. The van der Waals surface area contributed by atoms with E-state index in [0.29, 0.717) is 12.3 Å². The second kappa shape index (κ2) is 6.63. The summed E-state index contributed by atoms with van der Waals surface area (Å²) < 4.78 is 11.0. The minimum Gasteiger partial charge on any atom is -0.488 e. The maximum absolute atomic E-state index is 11.2. The molecule has 0 atom stereocenters. The van der Waals surface area contributed by atoms with Crippen LogP contribution < -0.4 is 10.1 Å². The summed E-state index contributed by atoms with van der Waals surface area (Å²) >= 11 is 7.35. The van der Waals surface area contributed by atoms with Crippen molar-refractivity contribution in [3.63, 3.8) is 0 Å². The lowest BCUT2D eigenvalue weighted by molar-refractivity contribution is 0.187. The van der Waals surface area contributed by atoms with E-state index in [0.717, 1.165) is 20.5 Å². The molecule has 6 heteroatoms. The van der Waals surface area contributed by atoms with Gasteiger partial charge in [-0.3, -0.25) is 5.32 Å². The van der Waals surface area contributed by atoms with Gasteiger partial charge in [0.2, 0.25) is 0 Å². The van der Waals surface area contributed by atoms with Crippen molar-refractivity contribution in [2.24, 2.45) is 0 Å². The predicted octanol–water partition coefficient (Wildman–Crippen LogP) is 4.47. The van der Waals surface area contributed by atoms with Gasteiger partial charge in [0.05, 0.1) is 11.4 Å². The van der Waals surface area contributed by atoms with E-state index in [1.54, 1.807) is 12.1 Å². The summed E-state index contributed by atoms with van der Waals surface area (Å²) in [6, 6.07) is 9.23. The number of hydrogen-bond acceptors (Lipinski definition) is 4. The molecule has 0 saturated heterocycles. The monoisotopic (exact) mass is 311 g/mol.